The molecule has 2 saturated heterocycles. The van der Waals surface area contributed by atoms with Crippen molar-refractivity contribution < 1.29 is 0 Å². The van der Waals surface area contributed by atoms with Gasteiger partial charge in [0.2, 0.25) is 0 Å². The first kappa shape index (κ1) is 14.4. The van der Waals surface area contributed by atoms with Gasteiger partial charge in [-0.15, -0.1) is 0 Å². The summed E-state index contributed by atoms with van der Waals surface area (Å²) in [5.74, 6) is 0.460. The van der Waals surface area contributed by atoms with Crippen molar-refractivity contribution in [2.24, 2.45) is 0 Å². The zero-order valence-corrected chi connectivity index (χ0v) is 12.3. The summed E-state index contributed by atoms with van der Waals surface area (Å²) in [7, 11) is 6.14. The lowest BCUT2D eigenvalue weighted by Crippen LogP contribution is -2.55. The van der Waals surface area contributed by atoms with Crippen molar-refractivity contribution in [3.8, 4) is 0 Å². The molecular weight excluding hydrogens is 219 g/mol. The van der Waals surface area contributed by atoms with E-state index in [2.05, 4.69) is 23.6 Å². The summed E-state index contributed by atoms with van der Waals surface area (Å²) in [6.45, 7) is 9.75. The van der Waals surface area contributed by atoms with Gasteiger partial charge in [-0.3, -0.25) is 9.80 Å². The van der Waals surface area contributed by atoms with Gasteiger partial charge in [0.15, 0.2) is 0 Å². The number of nitrogens with zero attached hydrogens (tertiary/aromatic N) is 2. The monoisotopic (exact) mass is 248 g/mol. The maximum Gasteiger partial charge on any atom is 0.0699 e. The standard InChI is InChI=1S/C15H29BN2/c1-13(2)18-11-10-17-9-4-3-6-14(16)7-5-8-15(17)12-18/h13-15H,3-12H2,1-2H3. The third-order valence-electron chi connectivity index (χ3n) is 4.75. The Kier molecular flexibility index (Phi) is 5.56. The smallest absolute Gasteiger partial charge is 0.0699 e. The number of hydrogen-bond donors (Lipinski definition) is 0. The molecule has 2 unspecified atom stereocenters. The summed E-state index contributed by atoms with van der Waals surface area (Å²) in [5.41, 5.74) is 0. The topological polar surface area (TPSA) is 6.48 Å². The van der Waals surface area contributed by atoms with Crippen molar-refractivity contribution in [2.45, 2.75) is 70.3 Å². The summed E-state index contributed by atoms with van der Waals surface area (Å²) >= 11 is 0. The van der Waals surface area contributed by atoms with Crippen molar-refractivity contribution in [3.05, 3.63) is 0 Å². The van der Waals surface area contributed by atoms with Gasteiger partial charge in [-0.1, -0.05) is 31.5 Å². The van der Waals surface area contributed by atoms with Gasteiger partial charge in [-0.05, 0) is 33.2 Å². The molecule has 0 aromatic heterocycles. The van der Waals surface area contributed by atoms with Crippen molar-refractivity contribution in [3.63, 3.8) is 0 Å². The Balaban J connectivity index is 1.90. The molecule has 0 spiro atoms. The van der Waals surface area contributed by atoms with Crippen molar-refractivity contribution >= 4 is 7.85 Å². The minimum absolute atomic E-state index is 0.460. The molecule has 2 aliphatic rings. The molecule has 0 aromatic carbocycles. The Morgan fingerprint density at radius 2 is 1.72 bits per heavy atom. The number of hydrogen-bond acceptors (Lipinski definition) is 2. The Bertz CT molecular complexity index is 245. The van der Waals surface area contributed by atoms with Crippen molar-refractivity contribution in [1.29, 1.82) is 0 Å². The highest BCUT2D eigenvalue weighted by atomic mass is 15.3. The van der Waals surface area contributed by atoms with Crippen LogP contribution >= 0.6 is 0 Å². The summed E-state index contributed by atoms with van der Waals surface area (Å²) in [4.78, 5) is 5.39. The van der Waals surface area contributed by atoms with Crippen LogP contribution in [0.5, 0.6) is 0 Å². The van der Waals surface area contributed by atoms with E-state index < -0.39 is 0 Å². The minimum Gasteiger partial charge on any atom is -0.298 e. The van der Waals surface area contributed by atoms with E-state index in [0.717, 1.165) is 6.04 Å². The second kappa shape index (κ2) is 6.95. The summed E-state index contributed by atoms with van der Waals surface area (Å²) in [6, 6.07) is 1.48. The molecular formula is C15H29BN2. The van der Waals surface area contributed by atoms with Gasteiger partial charge < -0.3 is 0 Å². The fourth-order valence-electron chi connectivity index (χ4n) is 3.44. The first-order valence-corrected chi connectivity index (χ1v) is 7.90. The van der Waals surface area contributed by atoms with Crippen LogP contribution in [0.3, 0.4) is 0 Å². The lowest BCUT2D eigenvalue weighted by Gasteiger charge is -2.43. The molecule has 102 valence electrons. The molecule has 2 radical (unpaired) electrons. The molecule has 2 nitrogen and oxygen atoms in total. The molecule has 0 bridgehead atoms. The van der Waals surface area contributed by atoms with Crippen molar-refractivity contribution in [2.75, 3.05) is 26.2 Å². The Hall–Kier alpha value is -0.0151. The molecule has 0 aromatic rings. The maximum atomic E-state index is 6.14. The molecule has 2 aliphatic heterocycles. The molecule has 2 fully saturated rings. The average Bonchev–Trinajstić information content (AvgIpc) is 2.35. The highest BCUT2D eigenvalue weighted by Crippen LogP contribution is 2.24. The molecule has 2 atom stereocenters. The number of piperazine rings is 1. The first-order valence-electron chi connectivity index (χ1n) is 7.90. The first-order chi connectivity index (χ1) is 8.66. The van der Waals surface area contributed by atoms with E-state index in [1.807, 2.05) is 0 Å². The molecule has 2 heterocycles. The van der Waals surface area contributed by atoms with Gasteiger partial charge >= 0.3 is 0 Å². The summed E-state index contributed by atoms with van der Waals surface area (Å²) in [6.07, 6.45) is 7.78. The van der Waals surface area contributed by atoms with Gasteiger partial charge in [-0.25, -0.2) is 0 Å². The van der Waals surface area contributed by atoms with Crippen LogP contribution in [0.15, 0.2) is 0 Å². The van der Waals surface area contributed by atoms with Crippen LogP contribution in [0.4, 0.5) is 0 Å². The van der Waals surface area contributed by atoms with Crippen LogP contribution in [0.2, 0.25) is 5.82 Å². The lowest BCUT2D eigenvalue weighted by atomic mass is 9.78. The molecule has 2 rings (SSSR count). The Morgan fingerprint density at radius 1 is 0.944 bits per heavy atom. The number of rotatable bonds is 1. The van der Waals surface area contributed by atoms with E-state index in [1.165, 1.54) is 64.7 Å². The second-order valence-corrected chi connectivity index (χ2v) is 6.47. The summed E-state index contributed by atoms with van der Waals surface area (Å²) in [5, 5.41) is 0. The Morgan fingerprint density at radius 3 is 2.50 bits per heavy atom. The van der Waals surface area contributed by atoms with Crippen LogP contribution in [0.1, 0.15) is 52.4 Å². The highest BCUT2D eigenvalue weighted by molar-refractivity contribution is 6.11. The predicted octanol–water partition coefficient (Wildman–Crippen LogP) is 2.69. The fourth-order valence-corrected chi connectivity index (χ4v) is 3.44. The molecule has 0 amide bonds. The summed E-state index contributed by atoms with van der Waals surface area (Å²) < 4.78 is 0. The van der Waals surface area contributed by atoms with E-state index in [0.29, 0.717) is 11.9 Å². The lowest BCUT2D eigenvalue weighted by molar-refractivity contribution is 0.0489. The quantitative estimate of drug-likeness (QED) is 0.658. The Labute approximate surface area is 115 Å². The van der Waals surface area contributed by atoms with Gasteiger partial charge in [0.05, 0.1) is 7.85 Å². The second-order valence-electron chi connectivity index (χ2n) is 6.47. The van der Waals surface area contributed by atoms with E-state index >= 15 is 0 Å². The highest BCUT2D eigenvalue weighted by Gasteiger charge is 2.27. The van der Waals surface area contributed by atoms with Gasteiger partial charge in [0, 0.05) is 31.7 Å². The largest absolute Gasteiger partial charge is 0.298 e. The molecule has 18 heavy (non-hydrogen) atoms. The van der Waals surface area contributed by atoms with Crippen LogP contribution in [-0.4, -0.2) is 55.9 Å². The molecule has 0 N–H and O–H groups in total. The van der Waals surface area contributed by atoms with Crippen LogP contribution < -0.4 is 0 Å². The van der Waals surface area contributed by atoms with Gasteiger partial charge in [-0.2, -0.15) is 0 Å². The van der Waals surface area contributed by atoms with Crippen molar-refractivity contribution in [1.82, 2.24) is 9.80 Å². The third-order valence-corrected chi connectivity index (χ3v) is 4.75. The van der Waals surface area contributed by atoms with E-state index in [1.54, 1.807) is 0 Å². The van der Waals surface area contributed by atoms with Crippen LogP contribution in [0.25, 0.3) is 0 Å². The van der Waals surface area contributed by atoms with Crippen LogP contribution in [-0.2, 0) is 0 Å². The maximum absolute atomic E-state index is 6.14. The van der Waals surface area contributed by atoms with E-state index in [9.17, 15) is 0 Å². The number of fused-ring (bicyclic) bond motifs is 1. The molecule has 0 saturated carbocycles. The predicted molar refractivity (Wildman–Crippen MR) is 79.3 cm³/mol. The average molecular weight is 248 g/mol. The zero-order chi connectivity index (χ0) is 13.0. The normalized spacial score (nSPS) is 33.3. The SMILES string of the molecule is [B]C1CCCCN2CCN(C(C)C)CC2CCC1. The fraction of sp³-hybridized carbons (Fsp3) is 1.00. The van der Waals surface area contributed by atoms with Gasteiger partial charge in [0.1, 0.15) is 0 Å². The zero-order valence-electron chi connectivity index (χ0n) is 12.3. The third kappa shape index (κ3) is 3.99. The van der Waals surface area contributed by atoms with E-state index in [4.69, 9.17) is 7.85 Å². The van der Waals surface area contributed by atoms with Crippen LogP contribution in [0, 0.1) is 0 Å². The molecule has 0 aliphatic carbocycles. The minimum atomic E-state index is 0.460. The van der Waals surface area contributed by atoms with E-state index in [-0.39, 0.29) is 0 Å². The van der Waals surface area contributed by atoms with Gasteiger partial charge in [0.25, 0.3) is 0 Å². The molecule has 3 heteroatoms.